The molecule has 35 heavy (non-hydrogen) atoms. The largest absolute Gasteiger partial charge is 0.481 e. The van der Waals surface area contributed by atoms with E-state index in [2.05, 4.69) is 17.2 Å². The molecule has 1 unspecified atom stereocenters. The first-order valence-electron chi connectivity index (χ1n) is 12.1. The topological polar surface area (TPSA) is 71.5 Å². The van der Waals surface area contributed by atoms with E-state index < -0.39 is 23.6 Å². The number of aliphatic carboxylic acids is 1. The van der Waals surface area contributed by atoms with Gasteiger partial charge in [0.2, 0.25) is 5.88 Å². The van der Waals surface area contributed by atoms with E-state index in [4.69, 9.17) is 21.4 Å². The molecule has 0 saturated carbocycles. The molecule has 2 heterocycles. The highest BCUT2D eigenvalue weighted by Gasteiger charge is 2.31. The van der Waals surface area contributed by atoms with Gasteiger partial charge >= 0.3 is 12.1 Å². The van der Waals surface area contributed by atoms with Gasteiger partial charge in [-0.05, 0) is 36.7 Å². The molecule has 0 spiro atoms. The van der Waals surface area contributed by atoms with Gasteiger partial charge in [-0.2, -0.15) is 13.2 Å². The van der Waals surface area contributed by atoms with Gasteiger partial charge in [0.25, 0.3) is 0 Å². The molecule has 1 aliphatic rings. The van der Waals surface area contributed by atoms with E-state index in [1.54, 1.807) is 18.3 Å². The van der Waals surface area contributed by atoms with Gasteiger partial charge in [-0.15, -0.1) is 0 Å². The molecule has 1 aromatic heterocycles. The highest BCUT2D eigenvalue weighted by atomic mass is 35.5. The van der Waals surface area contributed by atoms with Crippen molar-refractivity contribution in [2.45, 2.75) is 76.9 Å². The van der Waals surface area contributed by atoms with E-state index in [0.29, 0.717) is 23.6 Å². The highest BCUT2D eigenvalue weighted by Crippen LogP contribution is 2.32. The van der Waals surface area contributed by atoms with Crippen LogP contribution in [0.2, 0.25) is 5.02 Å². The fourth-order valence-electron chi connectivity index (χ4n) is 3.72. The number of hydrogen-bond donors (Lipinski definition) is 2. The summed E-state index contributed by atoms with van der Waals surface area (Å²) < 4.78 is 42.7. The minimum Gasteiger partial charge on any atom is -0.481 e. The number of pyridine rings is 1. The highest BCUT2D eigenvalue weighted by molar-refractivity contribution is 6.31. The molecule has 1 atom stereocenters. The summed E-state index contributed by atoms with van der Waals surface area (Å²) in [6, 6.07) is 6.97. The monoisotopic (exact) mass is 514 g/mol. The molecule has 194 valence electrons. The average Bonchev–Trinajstić information content (AvgIpc) is 3.25. The zero-order chi connectivity index (χ0) is 25.7. The number of nitrogens with zero attached hydrogens (tertiary/aromatic N) is 1. The molecule has 0 bridgehead atoms. The van der Waals surface area contributed by atoms with Crippen LogP contribution in [-0.4, -0.2) is 29.2 Å². The summed E-state index contributed by atoms with van der Waals surface area (Å²) in [4.78, 5) is 14.6. The van der Waals surface area contributed by atoms with E-state index in [1.807, 2.05) is 0 Å². The third kappa shape index (κ3) is 10.1. The molecule has 9 heteroatoms. The zero-order valence-electron chi connectivity index (χ0n) is 20.0. The van der Waals surface area contributed by atoms with Crippen LogP contribution in [0, 0.1) is 0 Å². The van der Waals surface area contributed by atoms with Crippen molar-refractivity contribution in [1.82, 2.24) is 10.3 Å². The van der Waals surface area contributed by atoms with Crippen LogP contribution in [-0.2, 0) is 17.5 Å². The SMILES string of the molecule is CCCCCCCCCCNCc1ccc(C(F)(F)F)cc1Cl.O=C(O)C1COc2ncccc21. The maximum absolute atomic E-state index is 12.5. The first kappa shape index (κ1) is 28.9. The van der Waals surface area contributed by atoms with Crippen molar-refractivity contribution in [3.8, 4) is 5.88 Å². The minimum absolute atomic E-state index is 0.170. The third-order valence-electron chi connectivity index (χ3n) is 5.76. The lowest BCUT2D eigenvalue weighted by molar-refractivity contribution is -0.139. The third-order valence-corrected chi connectivity index (χ3v) is 6.12. The van der Waals surface area contributed by atoms with Crippen LogP contribution < -0.4 is 10.1 Å². The molecule has 5 nitrogen and oxygen atoms in total. The van der Waals surface area contributed by atoms with Crippen LogP contribution >= 0.6 is 11.6 Å². The Morgan fingerprint density at radius 1 is 1.14 bits per heavy atom. The number of rotatable bonds is 12. The number of carbonyl (C=O) groups is 1. The van der Waals surface area contributed by atoms with Gasteiger partial charge in [0.05, 0.1) is 5.56 Å². The molecular formula is C26H34ClF3N2O3. The fraction of sp³-hybridized carbons (Fsp3) is 0.538. The molecule has 2 aromatic rings. The predicted molar refractivity (Wildman–Crippen MR) is 131 cm³/mol. The van der Waals surface area contributed by atoms with Crippen molar-refractivity contribution in [3.63, 3.8) is 0 Å². The quantitative estimate of drug-likeness (QED) is 0.292. The second-order valence-corrected chi connectivity index (χ2v) is 8.96. The summed E-state index contributed by atoms with van der Waals surface area (Å²) in [6.45, 7) is 3.79. The molecule has 1 aromatic carbocycles. The average molecular weight is 515 g/mol. The smallest absolute Gasteiger partial charge is 0.416 e. The Hall–Kier alpha value is -2.32. The Morgan fingerprint density at radius 2 is 1.83 bits per heavy atom. The summed E-state index contributed by atoms with van der Waals surface area (Å²) in [6.07, 6.45) is 7.34. The van der Waals surface area contributed by atoms with E-state index in [-0.39, 0.29) is 11.6 Å². The number of halogens is 4. The number of nitrogens with one attached hydrogen (secondary N) is 1. The van der Waals surface area contributed by atoms with Crippen molar-refractivity contribution in [2.24, 2.45) is 0 Å². The van der Waals surface area contributed by atoms with Gasteiger partial charge in [0.1, 0.15) is 12.5 Å². The van der Waals surface area contributed by atoms with Gasteiger partial charge < -0.3 is 15.2 Å². The maximum Gasteiger partial charge on any atom is 0.416 e. The summed E-state index contributed by atoms with van der Waals surface area (Å²) in [5.41, 5.74) is 0.679. The van der Waals surface area contributed by atoms with Crippen LogP contribution in [0.4, 0.5) is 13.2 Å². The summed E-state index contributed by atoms with van der Waals surface area (Å²) >= 11 is 5.92. The minimum atomic E-state index is -4.34. The van der Waals surface area contributed by atoms with Gasteiger partial charge in [0, 0.05) is 23.3 Å². The Bertz CT molecular complexity index is 925. The van der Waals surface area contributed by atoms with E-state index >= 15 is 0 Å². The number of aromatic nitrogens is 1. The standard InChI is InChI=1S/C18H27ClF3N.C8H7NO3/c1-2-3-4-5-6-7-8-9-12-23-14-15-10-11-16(13-17(15)19)18(20,21)22;10-8(11)6-4-12-7-5(6)2-1-3-9-7/h10-11,13,23H,2-9,12,14H2,1H3;1-3,6H,4H2,(H,10,11). The van der Waals surface area contributed by atoms with Crippen molar-refractivity contribution in [2.75, 3.05) is 13.2 Å². The van der Waals surface area contributed by atoms with Crippen molar-refractivity contribution < 1.29 is 27.8 Å². The van der Waals surface area contributed by atoms with Crippen LogP contribution in [0.3, 0.4) is 0 Å². The van der Waals surface area contributed by atoms with Gasteiger partial charge in [0.15, 0.2) is 0 Å². The van der Waals surface area contributed by atoms with Crippen molar-refractivity contribution in [3.05, 3.63) is 58.2 Å². The van der Waals surface area contributed by atoms with Crippen molar-refractivity contribution >= 4 is 17.6 Å². The van der Waals surface area contributed by atoms with E-state index in [9.17, 15) is 18.0 Å². The number of carboxylic acid groups (broad SMARTS) is 1. The van der Waals surface area contributed by atoms with E-state index in [1.165, 1.54) is 51.0 Å². The normalized spacial score (nSPS) is 14.6. The molecule has 1 aliphatic heterocycles. The summed E-state index contributed by atoms with van der Waals surface area (Å²) in [5, 5.41) is 12.2. The summed E-state index contributed by atoms with van der Waals surface area (Å²) in [5.74, 6) is -0.958. The Labute approximate surface area is 210 Å². The number of carboxylic acids is 1. The predicted octanol–water partition coefficient (Wildman–Crippen LogP) is 7.23. The lowest BCUT2D eigenvalue weighted by Crippen LogP contribution is -2.15. The van der Waals surface area contributed by atoms with Gasteiger partial charge in [-0.1, -0.05) is 75.6 Å². The molecule has 0 radical (unpaired) electrons. The molecule has 2 N–H and O–H groups in total. The first-order valence-corrected chi connectivity index (χ1v) is 12.5. The molecule has 0 amide bonds. The number of benzene rings is 1. The van der Waals surface area contributed by atoms with Crippen LogP contribution in [0.1, 0.15) is 80.9 Å². The van der Waals surface area contributed by atoms with Crippen molar-refractivity contribution in [1.29, 1.82) is 0 Å². The number of hydrogen-bond acceptors (Lipinski definition) is 4. The second-order valence-electron chi connectivity index (χ2n) is 8.56. The fourth-order valence-corrected chi connectivity index (χ4v) is 3.97. The number of unbranched alkanes of at least 4 members (excludes halogenated alkanes) is 7. The maximum atomic E-state index is 12.5. The van der Waals surface area contributed by atoms with Crippen LogP contribution in [0.15, 0.2) is 36.5 Å². The molecule has 0 saturated heterocycles. The molecule has 0 fully saturated rings. The summed E-state index contributed by atoms with van der Waals surface area (Å²) in [7, 11) is 0. The Morgan fingerprint density at radius 3 is 2.46 bits per heavy atom. The number of fused-ring (bicyclic) bond motifs is 1. The van der Waals surface area contributed by atoms with Gasteiger partial charge in [-0.25, -0.2) is 4.98 Å². The Balaban J connectivity index is 0.000000298. The Kier molecular flexibility index (Phi) is 12.3. The lowest BCUT2D eigenvalue weighted by Gasteiger charge is -2.10. The number of alkyl halides is 3. The molecular weight excluding hydrogens is 481 g/mol. The molecule has 0 aliphatic carbocycles. The van der Waals surface area contributed by atoms with Gasteiger partial charge in [-0.3, -0.25) is 4.79 Å². The zero-order valence-corrected chi connectivity index (χ0v) is 20.8. The second kappa shape index (κ2) is 14.9. The number of ether oxygens (including phenoxy) is 1. The van der Waals surface area contributed by atoms with Crippen LogP contribution in [0.25, 0.3) is 0 Å². The molecule has 3 rings (SSSR count). The van der Waals surface area contributed by atoms with E-state index in [0.717, 1.165) is 25.1 Å². The lowest BCUT2D eigenvalue weighted by atomic mass is 10.0. The van der Waals surface area contributed by atoms with Crippen LogP contribution in [0.5, 0.6) is 5.88 Å². The first-order chi connectivity index (χ1) is 16.7.